The summed E-state index contributed by atoms with van der Waals surface area (Å²) >= 11 is 6.38. The fourth-order valence-electron chi connectivity index (χ4n) is 2.20. The third kappa shape index (κ3) is 5.20. The van der Waals surface area contributed by atoms with Crippen LogP contribution in [0, 0.1) is 6.92 Å². The number of amides is 1. The third-order valence-corrected chi connectivity index (χ3v) is 4.16. The molecular weight excluding hydrogens is 354 g/mol. The molecule has 1 atom stereocenters. The molecule has 7 heteroatoms. The van der Waals surface area contributed by atoms with E-state index in [1.807, 2.05) is 44.2 Å². The number of rotatable bonds is 7. The fraction of sp³-hybridized carbons (Fsp3) is 0.316. The zero-order chi connectivity index (χ0) is 19.1. The van der Waals surface area contributed by atoms with Gasteiger partial charge in [0, 0.05) is 17.7 Å². The van der Waals surface area contributed by atoms with Crippen LogP contribution in [0.3, 0.4) is 0 Å². The molecule has 0 aliphatic heterocycles. The van der Waals surface area contributed by atoms with Crippen LogP contribution in [0.1, 0.15) is 31.5 Å². The first-order valence-corrected chi connectivity index (χ1v) is 8.75. The van der Waals surface area contributed by atoms with Crippen molar-refractivity contribution < 1.29 is 14.3 Å². The average Bonchev–Trinajstić information content (AvgIpc) is 2.92. The molecule has 1 N–H and O–H groups in total. The predicted molar refractivity (Wildman–Crippen MR) is 101 cm³/mol. The van der Waals surface area contributed by atoms with Gasteiger partial charge in [0.05, 0.1) is 11.4 Å². The first-order valence-electron chi connectivity index (χ1n) is 8.37. The number of nitrogens with zero attached hydrogens (tertiary/aromatic N) is 2. The van der Waals surface area contributed by atoms with Gasteiger partial charge < -0.3 is 10.1 Å². The van der Waals surface area contributed by atoms with Gasteiger partial charge in [0.25, 0.3) is 5.91 Å². The van der Waals surface area contributed by atoms with Crippen LogP contribution in [-0.4, -0.2) is 34.3 Å². The first-order chi connectivity index (χ1) is 12.4. The molecule has 1 amide bonds. The highest BCUT2D eigenvalue weighted by atomic mass is 35.5. The van der Waals surface area contributed by atoms with Crippen molar-refractivity contribution in [2.24, 2.45) is 0 Å². The Kier molecular flexibility index (Phi) is 6.97. The van der Waals surface area contributed by atoms with Crippen LogP contribution in [-0.2, 0) is 14.3 Å². The van der Waals surface area contributed by atoms with E-state index in [2.05, 4.69) is 10.4 Å². The minimum atomic E-state index is -0.618. The number of aromatic nitrogens is 2. The van der Waals surface area contributed by atoms with E-state index in [0.717, 1.165) is 12.1 Å². The summed E-state index contributed by atoms with van der Waals surface area (Å²) in [5, 5.41) is 7.51. The molecule has 0 saturated heterocycles. The van der Waals surface area contributed by atoms with E-state index in [4.69, 9.17) is 16.3 Å². The van der Waals surface area contributed by atoms with Crippen molar-refractivity contribution in [2.45, 2.75) is 33.2 Å². The van der Waals surface area contributed by atoms with Crippen LogP contribution in [0.2, 0.25) is 5.15 Å². The van der Waals surface area contributed by atoms with Crippen LogP contribution in [0.15, 0.2) is 36.4 Å². The number of para-hydroxylation sites is 1. The van der Waals surface area contributed by atoms with Crippen LogP contribution >= 0.6 is 11.6 Å². The molecule has 6 nitrogen and oxygen atoms in total. The topological polar surface area (TPSA) is 73.2 Å². The highest BCUT2D eigenvalue weighted by molar-refractivity contribution is 6.31. The monoisotopic (exact) mass is 375 g/mol. The maximum absolute atomic E-state index is 11.8. The third-order valence-electron chi connectivity index (χ3n) is 3.80. The smallest absolute Gasteiger partial charge is 0.331 e. The largest absolute Gasteiger partial charge is 0.452 e. The molecule has 0 unspecified atom stereocenters. The molecular formula is C19H22ClN3O3. The van der Waals surface area contributed by atoms with Gasteiger partial charge >= 0.3 is 5.97 Å². The molecule has 1 aromatic carbocycles. The highest BCUT2D eigenvalue weighted by Gasteiger charge is 2.13. The van der Waals surface area contributed by atoms with E-state index in [1.165, 1.54) is 6.08 Å². The summed E-state index contributed by atoms with van der Waals surface area (Å²) in [5.74, 6) is -0.945. The van der Waals surface area contributed by atoms with Gasteiger partial charge in [-0.15, -0.1) is 0 Å². The molecule has 0 radical (unpaired) electrons. The van der Waals surface area contributed by atoms with Gasteiger partial charge in [-0.2, -0.15) is 5.10 Å². The lowest BCUT2D eigenvalue weighted by atomic mass is 10.2. The molecule has 0 saturated carbocycles. The molecule has 1 aromatic heterocycles. The molecule has 26 heavy (non-hydrogen) atoms. The summed E-state index contributed by atoms with van der Waals surface area (Å²) in [6, 6.07) is 9.50. The van der Waals surface area contributed by atoms with Crippen LogP contribution in [0.5, 0.6) is 0 Å². The number of esters is 1. The molecule has 138 valence electrons. The zero-order valence-corrected chi connectivity index (χ0v) is 15.8. The van der Waals surface area contributed by atoms with Gasteiger partial charge in [-0.25, -0.2) is 9.48 Å². The van der Waals surface area contributed by atoms with E-state index < -0.39 is 5.97 Å². The minimum Gasteiger partial charge on any atom is -0.452 e. The number of ether oxygens (including phenoxy) is 1. The number of nitrogens with one attached hydrogen (secondary N) is 1. The Morgan fingerprint density at radius 3 is 2.69 bits per heavy atom. The number of carbonyl (C=O) groups is 2. The number of hydrogen-bond acceptors (Lipinski definition) is 4. The van der Waals surface area contributed by atoms with Gasteiger partial charge in [-0.3, -0.25) is 4.79 Å². The Hall–Kier alpha value is -2.60. The van der Waals surface area contributed by atoms with Crippen molar-refractivity contribution in [3.8, 4) is 5.69 Å². The Morgan fingerprint density at radius 2 is 2.04 bits per heavy atom. The average molecular weight is 376 g/mol. The summed E-state index contributed by atoms with van der Waals surface area (Å²) in [7, 11) is 0. The summed E-state index contributed by atoms with van der Waals surface area (Å²) in [6.45, 7) is 5.33. The van der Waals surface area contributed by atoms with E-state index in [-0.39, 0.29) is 18.6 Å². The zero-order valence-electron chi connectivity index (χ0n) is 15.0. The Morgan fingerprint density at radius 1 is 1.35 bits per heavy atom. The molecule has 2 aromatic rings. The summed E-state index contributed by atoms with van der Waals surface area (Å²) in [4.78, 5) is 23.4. The second kappa shape index (κ2) is 9.20. The number of benzene rings is 1. The summed E-state index contributed by atoms with van der Waals surface area (Å²) < 4.78 is 6.53. The molecule has 0 spiro atoms. The number of carbonyl (C=O) groups excluding carboxylic acids is 2. The van der Waals surface area contributed by atoms with Gasteiger partial charge in [0.15, 0.2) is 6.61 Å². The lowest BCUT2D eigenvalue weighted by Gasteiger charge is -2.10. The van der Waals surface area contributed by atoms with E-state index in [1.54, 1.807) is 17.7 Å². The van der Waals surface area contributed by atoms with E-state index in [0.29, 0.717) is 16.4 Å². The standard InChI is InChI=1S/C19H22ClN3O3/c1-4-13(2)21-17(24)12-26-18(25)11-10-16-14(3)22-23(19(16)20)15-8-6-5-7-9-15/h5-11,13H,4,12H2,1-3H3,(H,21,24)/b11-10+/t13-/m0/s1. The summed E-state index contributed by atoms with van der Waals surface area (Å²) in [6.07, 6.45) is 3.59. The van der Waals surface area contributed by atoms with E-state index in [9.17, 15) is 9.59 Å². The Labute approximate surface area is 157 Å². The normalized spacial score (nSPS) is 12.2. The molecule has 2 rings (SSSR count). The summed E-state index contributed by atoms with van der Waals surface area (Å²) in [5.41, 5.74) is 2.12. The van der Waals surface area contributed by atoms with Crippen molar-refractivity contribution in [3.63, 3.8) is 0 Å². The number of aryl methyl sites for hydroxylation is 1. The van der Waals surface area contributed by atoms with Crippen molar-refractivity contribution in [2.75, 3.05) is 6.61 Å². The van der Waals surface area contributed by atoms with Crippen LogP contribution in [0.4, 0.5) is 0 Å². The second-order valence-electron chi connectivity index (χ2n) is 5.86. The lowest BCUT2D eigenvalue weighted by molar-refractivity contribution is -0.144. The van der Waals surface area contributed by atoms with Crippen molar-refractivity contribution in [1.29, 1.82) is 0 Å². The van der Waals surface area contributed by atoms with Crippen molar-refractivity contribution >= 4 is 29.6 Å². The quantitative estimate of drug-likeness (QED) is 0.595. The van der Waals surface area contributed by atoms with Crippen molar-refractivity contribution in [3.05, 3.63) is 52.8 Å². The van der Waals surface area contributed by atoms with Crippen LogP contribution in [0.25, 0.3) is 11.8 Å². The molecule has 0 aliphatic rings. The highest BCUT2D eigenvalue weighted by Crippen LogP contribution is 2.24. The second-order valence-corrected chi connectivity index (χ2v) is 6.21. The van der Waals surface area contributed by atoms with Gasteiger partial charge in [-0.1, -0.05) is 36.7 Å². The van der Waals surface area contributed by atoms with Gasteiger partial charge in [0.2, 0.25) is 0 Å². The number of halogens is 1. The minimum absolute atomic E-state index is 0.0435. The Bertz CT molecular complexity index is 800. The van der Waals surface area contributed by atoms with E-state index >= 15 is 0 Å². The molecule has 1 heterocycles. The molecule has 0 bridgehead atoms. The van der Waals surface area contributed by atoms with Gasteiger partial charge in [-0.05, 0) is 38.5 Å². The molecule has 0 aliphatic carbocycles. The predicted octanol–water partition coefficient (Wildman–Crippen LogP) is 3.31. The van der Waals surface area contributed by atoms with Crippen molar-refractivity contribution in [1.82, 2.24) is 15.1 Å². The fourth-order valence-corrected chi connectivity index (χ4v) is 2.53. The maximum atomic E-state index is 11.8. The molecule has 0 fully saturated rings. The lowest BCUT2D eigenvalue weighted by Crippen LogP contribution is -2.35. The Balaban J connectivity index is 2.01. The SMILES string of the molecule is CC[C@H](C)NC(=O)COC(=O)/C=C/c1c(C)nn(-c2ccccc2)c1Cl. The first kappa shape index (κ1) is 19.7. The van der Waals surface area contributed by atoms with Gasteiger partial charge in [0.1, 0.15) is 5.15 Å². The maximum Gasteiger partial charge on any atom is 0.331 e. The number of hydrogen-bond donors (Lipinski definition) is 1. The van der Waals surface area contributed by atoms with Crippen LogP contribution < -0.4 is 5.32 Å².